The van der Waals surface area contributed by atoms with Crippen LogP contribution in [0.15, 0.2) is 42.5 Å². The van der Waals surface area contributed by atoms with Crippen LogP contribution >= 0.6 is 11.6 Å². The van der Waals surface area contributed by atoms with Gasteiger partial charge in [0.2, 0.25) is 11.8 Å². The Bertz CT molecular complexity index is 777. The van der Waals surface area contributed by atoms with Gasteiger partial charge in [0.25, 0.3) is 0 Å². The van der Waals surface area contributed by atoms with Crippen molar-refractivity contribution in [3.05, 3.63) is 53.1 Å². The highest BCUT2D eigenvalue weighted by atomic mass is 35.5. The van der Waals surface area contributed by atoms with Gasteiger partial charge in [0, 0.05) is 18.3 Å². The fourth-order valence-electron chi connectivity index (χ4n) is 2.53. The van der Waals surface area contributed by atoms with Gasteiger partial charge in [-0.1, -0.05) is 36.7 Å². The lowest BCUT2D eigenvalue weighted by Crippen LogP contribution is -2.37. The zero-order valence-corrected chi connectivity index (χ0v) is 15.3. The quantitative estimate of drug-likeness (QED) is 0.849. The molecule has 2 rings (SSSR count). The van der Waals surface area contributed by atoms with Gasteiger partial charge in [-0.3, -0.25) is 9.59 Å². The van der Waals surface area contributed by atoms with Crippen LogP contribution in [0, 0.1) is 0 Å². The van der Waals surface area contributed by atoms with Crippen LogP contribution < -0.4 is 15.0 Å². The molecule has 0 aliphatic heterocycles. The van der Waals surface area contributed by atoms with Crippen LogP contribution in [0.25, 0.3) is 0 Å². The third-order valence-corrected chi connectivity index (χ3v) is 4.08. The number of ether oxygens (including phenoxy) is 1. The van der Waals surface area contributed by atoms with Crippen molar-refractivity contribution in [2.45, 2.75) is 20.3 Å². The average Bonchev–Trinajstić information content (AvgIpc) is 2.59. The summed E-state index contributed by atoms with van der Waals surface area (Å²) >= 11 is 6.06. The van der Waals surface area contributed by atoms with Crippen LogP contribution in [-0.2, 0) is 16.0 Å². The molecule has 6 heteroatoms. The minimum atomic E-state index is -0.303. The van der Waals surface area contributed by atoms with Crippen LogP contribution in [0.2, 0.25) is 5.02 Å². The summed E-state index contributed by atoms with van der Waals surface area (Å²) in [4.78, 5) is 25.9. The first-order valence-corrected chi connectivity index (χ1v) is 8.33. The first-order valence-electron chi connectivity index (χ1n) is 7.95. The zero-order chi connectivity index (χ0) is 18.4. The standard InChI is InChI=1S/C19H21ClN2O3/c1-4-14-7-5-6-8-17(14)22(13(2)23)12-19(24)21-15-9-10-18(25-3)16(20)11-15/h5-11H,4,12H2,1-3H3,(H,21,24). The Labute approximate surface area is 152 Å². The summed E-state index contributed by atoms with van der Waals surface area (Å²) in [5.41, 5.74) is 2.31. The van der Waals surface area contributed by atoms with E-state index in [1.807, 2.05) is 31.2 Å². The molecule has 0 aliphatic carbocycles. The number of amides is 2. The summed E-state index contributed by atoms with van der Waals surface area (Å²) in [6.07, 6.45) is 0.773. The summed E-state index contributed by atoms with van der Waals surface area (Å²) in [6, 6.07) is 12.5. The lowest BCUT2D eigenvalue weighted by atomic mass is 10.1. The maximum Gasteiger partial charge on any atom is 0.244 e. The third-order valence-electron chi connectivity index (χ3n) is 3.78. The van der Waals surface area contributed by atoms with E-state index < -0.39 is 0 Å². The molecule has 0 aromatic heterocycles. The van der Waals surface area contributed by atoms with E-state index >= 15 is 0 Å². The lowest BCUT2D eigenvalue weighted by molar-refractivity contribution is -0.120. The summed E-state index contributed by atoms with van der Waals surface area (Å²) in [5.74, 6) is 0.0352. The second-order valence-corrected chi connectivity index (χ2v) is 5.89. The van der Waals surface area contributed by atoms with E-state index in [0.29, 0.717) is 16.5 Å². The van der Waals surface area contributed by atoms with Gasteiger partial charge in [0.15, 0.2) is 0 Å². The van der Waals surface area contributed by atoms with Crippen LogP contribution in [0.1, 0.15) is 19.4 Å². The van der Waals surface area contributed by atoms with E-state index in [1.165, 1.54) is 18.9 Å². The Morgan fingerprint density at radius 2 is 1.92 bits per heavy atom. The minimum Gasteiger partial charge on any atom is -0.495 e. The third kappa shape index (κ3) is 4.73. The molecule has 1 N–H and O–H groups in total. The molecule has 2 aromatic rings. The van der Waals surface area contributed by atoms with Gasteiger partial charge >= 0.3 is 0 Å². The molecule has 0 radical (unpaired) electrons. The number of methoxy groups -OCH3 is 1. The molecule has 25 heavy (non-hydrogen) atoms. The van der Waals surface area contributed by atoms with Crippen LogP contribution in [0.3, 0.4) is 0 Å². The number of aryl methyl sites for hydroxylation is 1. The molecule has 0 bridgehead atoms. The Morgan fingerprint density at radius 1 is 1.20 bits per heavy atom. The first kappa shape index (κ1) is 18.8. The highest BCUT2D eigenvalue weighted by Crippen LogP contribution is 2.27. The fraction of sp³-hybridized carbons (Fsp3) is 0.263. The van der Waals surface area contributed by atoms with Gasteiger partial charge in [-0.15, -0.1) is 0 Å². The lowest BCUT2D eigenvalue weighted by Gasteiger charge is -2.23. The number of benzene rings is 2. The number of carbonyl (C=O) groups is 2. The number of hydrogen-bond donors (Lipinski definition) is 1. The van der Waals surface area contributed by atoms with Crippen molar-refractivity contribution in [1.82, 2.24) is 0 Å². The van der Waals surface area contributed by atoms with Crippen molar-refractivity contribution in [1.29, 1.82) is 0 Å². The van der Waals surface area contributed by atoms with Crippen molar-refractivity contribution in [2.75, 3.05) is 23.9 Å². The summed E-state index contributed by atoms with van der Waals surface area (Å²) in [5, 5.41) is 3.16. The number of halogens is 1. The molecule has 2 amide bonds. The monoisotopic (exact) mass is 360 g/mol. The number of anilines is 2. The van der Waals surface area contributed by atoms with E-state index in [9.17, 15) is 9.59 Å². The molecule has 0 heterocycles. The maximum atomic E-state index is 12.4. The largest absolute Gasteiger partial charge is 0.495 e. The molecule has 0 atom stereocenters. The average molecular weight is 361 g/mol. The second-order valence-electron chi connectivity index (χ2n) is 5.48. The number of rotatable bonds is 6. The summed E-state index contributed by atoms with van der Waals surface area (Å²) < 4.78 is 5.09. The molecular formula is C19H21ClN2O3. The molecule has 0 saturated heterocycles. The van der Waals surface area contributed by atoms with E-state index in [-0.39, 0.29) is 18.4 Å². The normalized spacial score (nSPS) is 10.2. The Balaban J connectivity index is 2.16. The van der Waals surface area contributed by atoms with Gasteiger partial charge < -0.3 is 15.0 Å². The Morgan fingerprint density at radius 3 is 2.52 bits per heavy atom. The van der Waals surface area contributed by atoms with Gasteiger partial charge in [0.05, 0.1) is 12.1 Å². The molecule has 0 aliphatic rings. The van der Waals surface area contributed by atoms with Crippen LogP contribution in [0.4, 0.5) is 11.4 Å². The second kappa shape index (κ2) is 8.53. The maximum absolute atomic E-state index is 12.4. The number of para-hydroxylation sites is 1. The molecule has 5 nitrogen and oxygen atoms in total. The SMILES string of the molecule is CCc1ccccc1N(CC(=O)Nc1ccc(OC)c(Cl)c1)C(C)=O. The molecule has 0 unspecified atom stereocenters. The van der Waals surface area contributed by atoms with Gasteiger partial charge in [0.1, 0.15) is 12.3 Å². The highest BCUT2D eigenvalue weighted by molar-refractivity contribution is 6.32. The first-order chi connectivity index (χ1) is 12.0. The van der Waals surface area contributed by atoms with Crippen molar-refractivity contribution in [2.24, 2.45) is 0 Å². The fourth-order valence-corrected chi connectivity index (χ4v) is 2.79. The smallest absolute Gasteiger partial charge is 0.244 e. The Hall–Kier alpha value is -2.53. The van der Waals surface area contributed by atoms with Crippen molar-refractivity contribution in [3.63, 3.8) is 0 Å². The minimum absolute atomic E-state index is 0.0734. The van der Waals surface area contributed by atoms with Crippen molar-refractivity contribution in [3.8, 4) is 5.75 Å². The van der Waals surface area contributed by atoms with Gasteiger partial charge in [-0.2, -0.15) is 0 Å². The predicted octanol–water partition coefficient (Wildman–Crippen LogP) is 3.90. The molecule has 0 fully saturated rings. The summed E-state index contributed by atoms with van der Waals surface area (Å²) in [6.45, 7) is 3.39. The zero-order valence-electron chi connectivity index (χ0n) is 14.5. The van der Waals surface area contributed by atoms with E-state index in [1.54, 1.807) is 18.2 Å². The van der Waals surface area contributed by atoms with E-state index in [4.69, 9.17) is 16.3 Å². The molecule has 132 valence electrons. The predicted molar refractivity (Wildman–Crippen MR) is 100 cm³/mol. The van der Waals surface area contributed by atoms with Crippen molar-refractivity contribution < 1.29 is 14.3 Å². The molecule has 0 saturated carbocycles. The van der Waals surface area contributed by atoms with Crippen LogP contribution in [0.5, 0.6) is 5.75 Å². The molecule has 2 aromatic carbocycles. The number of carbonyl (C=O) groups excluding carboxylic acids is 2. The Kier molecular flexibility index (Phi) is 6.42. The van der Waals surface area contributed by atoms with E-state index in [0.717, 1.165) is 17.7 Å². The topological polar surface area (TPSA) is 58.6 Å². The number of nitrogens with zero attached hydrogens (tertiary/aromatic N) is 1. The number of hydrogen-bond acceptors (Lipinski definition) is 3. The van der Waals surface area contributed by atoms with E-state index in [2.05, 4.69) is 5.32 Å². The summed E-state index contributed by atoms with van der Waals surface area (Å²) in [7, 11) is 1.52. The number of nitrogens with one attached hydrogen (secondary N) is 1. The molecular weight excluding hydrogens is 340 g/mol. The highest BCUT2D eigenvalue weighted by Gasteiger charge is 2.18. The van der Waals surface area contributed by atoms with Crippen molar-refractivity contribution >= 4 is 34.8 Å². The van der Waals surface area contributed by atoms with Gasteiger partial charge in [-0.05, 0) is 36.2 Å². The van der Waals surface area contributed by atoms with Gasteiger partial charge in [-0.25, -0.2) is 0 Å². The molecule has 0 spiro atoms. The van der Waals surface area contributed by atoms with Crippen LogP contribution in [-0.4, -0.2) is 25.5 Å².